The van der Waals surface area contributed by atoms with Crippen LogP contribution in [0.2, 0.25) is 0 Å². The highest BCUT2D eigenvalue weighted by Crippen LogP contribution is 2.26. The number of hydrogen-bond donors (Lipinski definition) is 1. The molecule has 2 aromatic rings. The maximum absolute atomic E-state index is 14.6. The Kier molecular flexibility index (Phi) is 6.06. The highest BCUT2D eigenvalue weighted by atomic mass is 19.1. The van der Waals surface area contributed by atoms with E-state index in [0.717, 1.165) is 16.7 Å². The van der Waals surface area contributed by atoms with E-state index in [1.807, 2.05) is 19.2 Å². The molecule has 0 radical (unpaired) electrons. The van der Waals surface area contributed by atoms with Gasteiger partial charge >= 0.3 is 0 Å². The monoisotopic (exact) mass is 409 g/mol. The first-order valence-electron chi connectivity index (χ1n) is 10.0. The van der Waals surface area contributed by atoms with Gasteiger partial charge in [-0.2, -0.15) is 0 Å². The summed E-state index contributed by atoms with van der Waals surface area (Å²) in [4.78, 5) is 6.82. The first-order valence-corrected chi connectivity index (χ1v) is 10.0. The molecule has 2 aromatic carbocycles. The van der Waals surface area contributed by atoms with Crippen molar-refractivity contribution in [2.24, 2.45) is 10.7 Å². The maximum atomic E-state index is 14.6. The van der Waals surface area contributed by atoms with Crippen LogP contribution in [-0.2, 0) is 11.3 Å². The Hall–Kier alpha value is -2.83. The van der Waals surface area contributed by atoms with Crippen LogP contribution in [0, 0.1) is 11.6 Å². The van der Waals surface area contributed by atoms with Gasteiger partial charge in [0.1, 0.15) is 11.6 Å². The lowest BCUT2D eigenvalue weighted by Gasteiger charge is -2.15. The third-order valence-electron chi connectivity index (χ3n) is 5.43. The molecule has 0 unspecified atom stereocenters. The van der Waals surface area contributed by atoms with Crippen molar-refractivity contribution in [3.8, 4) is 0 Å². The minimum atomic E-state index is -0.335. The van der Waals surface area contributed by atoms with E-state index in [4.69, 9.17) is 15.5 Å². The molecule has 156 valence electrons. The number of halogens is 2. The first-order chi connectivity index (χ1) is 14.5. The molecule has 2 aliphatic rings. The predicted molar refractivity (Wildman–Crippen MR) is 115 cm³/mol. The van der Waals surface area contributed by atoms with E-state index in [2.05, 4.69) is 4.90 Å². The van der Waals surface area contributed by atoms with E-state index >= 15 is 0 Å². The summed E-state index contributed by atoms with van der Waals surface area (Å²) in [5.74, 6) is -0.590. The molecule has 0 atom stereocenters. The molecule has 2 aliphatic heterocycles. The second-order valence-corrected chi connectivity index (χ2v) is 7.69. The number of nitrogens with two attached hydrogens (primary N) is 1. The van der Waals surface area contributed by atoms with Gasteiger partial charge < -0.3 is 10.5 Å². The standard InChI is InChI=1S/C24H25F2N3O/c1-29-14-20(23(27)15-29)24(18-4-2-3-5-21(18)25)28-13-16-6-7-22(26)19(12-16)17-8-10-30-11-9-17/h2-8,12H,9-11,13-15,27H2,1H3. The van der Waals surface area contributed by atoms with E-state index in [0.29, 0.717) is 61.8 Å². The average Bonchev–Trinajstić information content (AvgIpc) is 3.09. The molecule has 0 spiro atoms. The van der Waals surface area contributed by atoms with Crippen molar-refractivity contribution in [3.63, 3.8) is 0 Å². The summed E-state index contributed by atoms with van der Waals surface area (Å²) < 4.78 is 34.3. The Morgan fingerprint density at radius 1 is 1.13 bits per heavy atom. The zero-order chi connectivity index (χ0) is 21.1. The van der Waals surface area contributed by atoms with Crippen LogP contribution >= 0.6 is 0 Å². The maximum Gasteiger partial charge on any atom is 0.132 e. The lowest BCUT2D eigenvalue weighted by atomic mass is 9.98. The van der Waals surface area contributed by atoms with E-state index in [-0.39, 0.29) is 11.6 Å². The molecule has 0 fully saturated rings. The summed E-state index contributed by atoms with van der Waals surface area (Å²) in [5.41, 5.74) is 11.2. The van der Waals surface area contributed by atoms with Gasteiger partial charge in [0.25, 0.3) is 0 Å². The van der Waals surface area contributed by atoms with Gasteiger partial charge in [-0.1, -0.05) is 24.3 Å². The van der Waals surface area contributed by atoms with Crippen LogP contribution in [0.5, 0.6) is 0 Å². The highest BCUT2D eigenvalue weighted by Gasteiger charge is 2.24. The van der Waals surface area contributed by atoms with Crippen molar-refractivity contribution >= 4 is 11.3 Å². The molecular weight excluding hydrogens is 384 g/mol. The fourth-order valence-electron chi connectivity index (χ4n) is 3.90. The van der Waals surface area contributed by atoms with Gasteiger partial charge in [0, 0.05) is 35.5 Å². The molecule has 0 saturated heterocycles. The summed E-state index contributed by atoms with van der Waals surface area (Å²) >= 11 is 0. The molecule has 2 N–H and O–H groups in total. The van der Waals surface area contributed by atoms with Gasteiger partial charge in [-0.05, 0) is 48.9 Å². The van der Waals surface area contributed by atoms with Gasteiger partial charge in [-0.15, -0.1) is 0 Å². The topological polar surface area (TPSA) is 50.8 Å². The van der Waals surface area contributed by atoms with Gasteiger partial charge in [0.2, 0.25) is 0 Å². The van der Waals surface area contributed by atoms with Gasteiger partial charge in [-0.3, -0.25) is 9.89 Å². The summed E-state index contributed by atoms with van der Waals surface area (Å²) in [6.07, 6.45) is 2.60. The lowest BCUT2D eigenvalue weighted by Crippen LogP contribution is -2.18. The van der Waals surface area contributed by atoms with Crippen LogP contribution < -0.4 is 5.73 Å². The van der Waals surface area contributed by atoms with Crippen LogP contribution in [0.3, 0.4) is 0 Å². The summed E-state index contributed by atoms with van der Waals surface area (Å²) in [6, 6.07) is 11.6. The summed E-state index contributed by atoms with van der Waals surface area (Å²) in [5, 5.41) is 0. The lowest BCUT2D eigenvalue weighted by molar-refractivity contribution is 0.161. The molecule has 0 aliphatic carbocycles. The minimum Gasteiger partial charge on any atom is -0.401 e. The van der Waals surface area contributed by atoms with Crippen LogP contribution in [0.4, 0.5) is 8.78 Å². The van der Waals surface area contributed by atoms with Crippen molar-refractivity contribution in [2.75, 3.05) is 33.4 Å². The fraction of sp³-hybridized carbons (Fsp3) is 0.292. The second kappa shape index (κ2) is 8.90. The van der Waals surface area contributed by atoms with Gasteiger partial charge in [-0.25, -0.2) is 8.78 Å². The molecule has 6 heteroatoms. The summed E-state index contributed by atoms with van der Waals surface area (Å²) in [6.45, 7) is 2.63. The van der Waals surface area contributed by atoms with E-state index in [9.17, 15) is 8.78 Å². The zero-order valence-corrected chi connectivity index (χ0v) is 17.0. The SMILES string of the molecule is CN1CC(N)=C(C(=NCc2ccc(F)c(C3=CCOCC3)c2)c2ccccc2F)C1. The minimum absolute atomic E-state index is 0.255. The zero-order valence-electron chi connectivity index (χ0n) is 17.0. The van der Waals surface area contributed by atoms with Crippen LogP contribution in [0.15, 0.2) is 64.8 Å². The fourth-order valence-corrected chi connectivity index (χ4v) is 3.90. The summed E-state index contributed by atoms with van der Waals surface area (Å²) in [7, 11) is 1.96. The Balaban J connectivity index is 1.69. The number of likely N-dealkylation sites (N-methyl/N-ethyl adjacent to an activating group) is 1. The normalized spacial score (nSPS) is 18.1. The quantitative estimate of drug-likeness (QED) is 0.762. The number of benzene rings is 2. The van der Waals surface area contributed by atoms with Crippen LogP contribution in [0.1, 0.15) is 23.1 Å². The third kappa shape index (κ3) is 4.35. The molecular formula is C24H25F2N3O. The largest absolute Gasteiger partial charge is 0.401 e. The molecule has 0 bridgehead atoms. The van der Waals surface area contributed by atoms with Crippen molar-refractivity contribution in [1.82, 2.24) is 4.90 Å². The van der Waals surface area contributed by atoms with Crippen molar-refractivity contribution in [1.29, 1.82) is 0 Å². The Morgan fingerprint density at radius 3 is 2.67 bits per heavy atom. The molecule has 4 nitrogen and oxygen atoms in total. The Bertz CT molecular complexity index is 1040. The van der Waals surface area contributed by atoms with E-state index < -0.39 is 0 Å². The third-order valence-corrected chi connectivity index (χ3v) is 5.43. The van der Waals surface area contributed by atoms with E-state index in [1.54, 1.807) is 24.3 Å². The smallest absolute Gasteiger partial charge is 0.132 e. The van der Waals surface area contributed by atoms with Crippen molar-refractivity contribution in [3.05, 3.63) is 88.1 Å². The number of rotatable bonds is 5. The number of aliphatic imine (C=N–C) groups is 1. The highest BCUT2D eigenvalue weighted by molar-refractivity contribution is 6.13. The van der Waals surface area contributed by atoms with Crippen molar-refractivity contribution < 1.29 is 13.5 Å². The predicted octanol–water partition coefficient (Wildman–Crippen LogP) is 3.92. The second-order valence-electron chi connectivity index (χ2n) is 7.69. The van der Waals surface area contributed by atoms with Crippen LogP contribution in [0.25, 0.3) is 5.57 Å². The first kappa shape index (κ1) is 20.4. The molecule has 0 amide bonds. The van der Waals surface area contributed by atoms with Crippen LogP contribution in [-0.4, -0.2) is 44.0 Å². The van der Waals surface area contributed by atoms with Crippen molar-refractivity contribution in [2.45, 2.75) is 13.0 Å². The molecule has 30 heavy (non-hydrogen) atoms. The molecule has 0 saturated carbocycles. The Morgan fingerprint density at radius 2 is 1.97 bits per heavy atom. The molecule has 4 rings (SSSR count). The average molecular weight is 409 g/mol. The number of hydrogen-bond acceptors (Lipinski definition) is 4. The Labute approximate surface area is 175 Å². The van der Waals surface area contributed by atoms with Gasteiger partial charge in [0.05, 0.1) is 25.5 Å². The number of ether oxygens (including phenoxy) is 1. The molecule has 0 aromatic heterocycles. The number of nitrogens with zero attached hydrogens (tertiary/aromatic N) is 2. The van der Waals surface area contributed by atoms with Gasteiger partial charge in [0.15, 0.2) is 0 Å². The van der Waals surface area contributed by atoms with E-state index in [1.165, 1.54) is 12.1 Å². The molecule has 2 heterocycles.